The van der Waals surface area contributed by atoms with E-state index < -0.39 is 0 Å². The lowest BCUT2D eigenvalue weighted by molar-refractivity contribution is 0.000530. The average molecular weight is 342 g/mol. The molecule has 0 aliphatic carbocycles. The van der Waals surface area contributed by atoms with E-state index in [2.05, 4.69) is 25.2 Å². The molecule has 0 unspecified atom stereocenters. The van der Waals surface area contributed by atoms with Crippen LogP contribution in [0.15, 0.2) is 24.8 Å². The highest BCUT2D eigenvalue weighted by Gasteiger charge is 2.45. The van der Waals surface area contributed by atoms with Gasteiger partial charge >= 0.3 is 0 Å². The fourth-order valence-corrected chi connectivity index (χ4v) is 3.67. The summed E-state index contributed by atoms with van der Waals surface area (Å²) in [6.07, 6.45) is 8.98. The van der Waals surface area contributed by atoms with Crippen LogP contribution < -0.4 is 10.2 Å². The van der Waals surface area contributed by atoms with Gasteiger partial charge in [-0.05, 0) is 25.3 Å². The summed E-state index contributed by atoms with van der Waals surface area (Å²) >= 11 is 0. The first kappa shape index (κ1) is 16.0. The van der Waals surface area contributed by atoms with E-state index in [1.165, 1.54) is 0 Å². The van der Waals surface area contributed by atoms with Gasteiger partial charge in [0.1, 0.15) is 0 Å². The third-order valence-electron chi connectivity index (χ3n) is 4.89. The zero-order chi connectivity index (χ0) is 17.4. The largest absolute Gasteiger partial charge is 0.374 e. The van der Waals surface area contributed by atoms with Crippen molar-refractivity contribution in [1.82, 2.24) is 24.8 Å². The van der Waals surface area contributed by atoms with Crippen LogP contribution in [-0.2, 0) is 11.8 Å². The van der Waals surface area contributed by atoms with Gasteiger partial charge in [0.2, 0.25) is 5.95 Å². The van der Waals surface area contributed by atoms with Crippen LogP contribution in [0.5, 0.6) is 0 Å². The van der Waals surface area contributed by atoms with Crippen LogP contribution in [0, 0.1) is 6.92 Å². The minimum atomic E-state index is -0.183. The van der Waals surface area contributed by atoms with Crippen molar-refractivity contribution in [3.8, 4) is 0 Å². The number of carbonyl (C=O) groups excluding carboxylic acids is 1. The molecular weight excluding hydrogens is 320 g/mol. The van der Waals surface area contributed by atoms with Crippen LogP contribution in [0.25, 0.3) is 0 Å². The highest BCUT2D eigenvalue weighted by molar-refractivity contribution is 5.91. The number of carbonyl (C=O) groups is 1. The van der Waals surface area contributed by atoms with Crippen molar-refractivity contribution >= 4 is 11.9 Å². The summed E-state index contributed by atoms with van der Waals surface area (Å²) in [6.45, 7) is 3.32. The maximum atomic E-state index is 12.5. The summed E-state index contributed by atoms with van der Waals surface area (Å²) in [5.74, 6) is 0.911. The van der Waals surface area contributed by atoms with Gasteiger partial charge in [0, 0.05) is 45.0 Å². The van der Waals surface area contributed by atoms with E-state index in [0.717, 1.165) is 25.0 Å². The van der Waals surface area contributed by atoms with Crippen molar-refractivity contribution in [1.29, 1.82) is 0 Å². The van der Waals surface area contributed by atoms with E-state index >= 15 is 0 Å². The Labute approximate surface area is 146 Å². The van der Waals surface area contributed by atoms with E-state index in [9.17, 15) is 4.79 Å². The van der Waals surface area contributed by atoms with E-state index in [1.807, 2.05) is 26.4 Å². The molecule has 0 bridgehead atoms. The molecule has 8 nitrogen and oxygen atoms in total. The molecular formula is C17H22N6O2. The fourth-order valence-electron chi connectivity index (χ4n) is 3.67. The van der Waals surface area contributed by atoms with Gasteiger partial charge in [-0.25, -0.2) is 15.0 Å². The van der Waals surface area contributed by atoms with E-state index in [-0.39, 0.29) is 24.1 Å². The second-order valence-corrected chi connectivity index (χ2v) is 6.70. The molecule has 0 aromatic carbocycles. The maximum absolute atomic E-state index is 12.5. The second kappa shape index (κ2) is 6.44. The predicted octanol–water partition coefficient (Wildman–Crippen LogP) is 0.685. The Morgan fingerprint density at radius 1 is 1.32 bits per heavy atom. The van der Waals surface area contributed by atoms with Crippen molar-refractivity contribution in [2.24, 2.45) is 7.05 Å². The molecule has 4 rings (SSSR count). The fraction of sp³-hybridized carbons (Fsp3) is 0.529. The molecule has 2 fully saturated rings. The third kappa shape index (κ3) is 2.97. The van der Waals surface area contributed by atoms with Crippen LogP contribution in [0.2, 0.25) is 0 Å². The number of amides is 1. The first-order valence-electron chi connectivity index (χ1n) is 8.58. The predicted molar refractivity (Wildman–Crippen MR) is 91.3 cm³/mol. The van der Waals surface area contributed by atoms with Gasteiger partial charge in [-0.3, -0.25) is 4.79 Å². The standard InChI is InChI=1S/C17H22N6O2/c1-11-8-19-17(20-9-11)23-10-12(14-13(23)4-3-7-25-14)21-16(24)15-18-5-6-22(15)2/h5-6,8-9,12-14H,3-4,7,10H2,1-2H3,(H,21,24)/t12-,13+,14+/m1/s1. The Kier molecular flexibility index (Phi) is 4.12. The minimum absolute atomic E-state index is 0.0529. The number of anilines is 1. The molecule has 2 aliphatic heterocycles. The molecule has 0 spiro atoms. The van der Waals surface area contributed by atoms with Crippen LogP contribution in [-0.4, -0.2) is 56.8 Å². The molecule has 132 valence electrons. The summed E-state index contributed by atoms with van der Waals surface area (Å²) in [7, 11) is 1.81. The molecule has 2 aromatic heterocycles. The number of ether oxygens (including phenoxy) is 1. The second-order valence-electron chi connectivity index (χ2n) is 6.70. The number of nitrogens with zero attached hydrogens (tertiary/aromatic N) is 5. The van der Waals surface area contributed by atoms with Crippen molar-refractivity contribution in [2.45, 2.75) is 38.0 Å². The number of hydrogen-bond acceptors (Lipinski definition) is 6. The van der Waals surface area contributed by atoms with Gasteiger partial charge in [0.25, 0.3) is 5.91 Å². The molecule has 3 atom stereocenters. The normalized spacial score (nSPS) is 25.7. The number of nitrogens with one attached hydrogen (secondary N) is 1. The van der Waals surface area contributed by atoms with Gasteiger partial charge in [0.05, 0.1) is 18.2 Å². The highest BCUT2D eigenvalue weighted by Crippen LogP contribution is 2.31. The quantitative estimate of drug-likeness (QED) is 0.883. The number of imidazole rings is 1. The first-order chi connectivity index (χ1) is 12.1. The van der Waals surface area contributed by atoms with Gasteiger partial charge in [-0.15, -0.1) is 0 Å². The lowest BCUT2D eigenvalue weighted by Gasteiger charge is -2.32. The van der Waals surface area contributed by atoms with Crippen molar-refractivity contribution in [2.75, 3.05) is 18.1 Å². The molecule has 2 aliphatic rings. The molecule has 25 heavy (non-hydrogen) atoms. The monoisotopic (exact) mass is 342 g/mol. The molecule has 2 saturated heterocycles. The zero-order valence-corrected chi connectivity index (χ0v) is 14.4. The molecule has 1 N–H and O–H groups in total. The summed E-state index contributed by atoms with van der Waals surface area (Å²) in [6, 6.07) is 0.0718. The Balaban J connectivity index is 1.55. The van der Waals surface area contributed by atoms with Gasteiger partial charge in [-0.1, -0.05) is 0 Å². The smallest absolute Gasteiger partial charge is 0.287 e. The Hall–Kier alpha value is -2.48. The lowest BCUT2D eigenvalue weighted by Crippen LogP contribution is -2.48. The molecule has 0 saturated carbocycles. The Bertz CT molecular complexity index is 759. The van der Waals surface area contributed by atoms with Crippen LogP contribution in [0.4, 0.5) is 5.95 Å². The zero-order valence-electron chi connectivity index (χ0n) is 14.4. The Morgan fingerprint density at radius 3 is 2.84 bits per heavy atom. The number of fused-ring (bicyclic) bond motifs is 1. The number of aryl methyl sites for hydroxylation is 2. The number of hydrogen-bond donors (Lipinski definition) is 1. The van der Waals surface area contributed by atoms with E-state index in [0.29, 0.717) is 18.3 Å². The SMILES string of the molecule is Cc1cnc(N2C[C@@H](NC(=O)c3nccn3C)[C@@H]3OCCC[C@@H]32)nc1. The number of aromatic nitrogens is 4. The molecule has 4 heterocycles. The van der Waals surface area contributed by atoms with Gasteiger partial charge in [-0.2, -0.15) is 0 Å². The van der Waals surface area contributed by atoms with Crippen LogP contribution in [0.1, 0.15) is 29.0 Å². The summed E-state index contributed by atoms with van der Waals surface area (Å²) < 4.78 is 7.71. The molecule has 0 radical (unpaired) electrons. The molecule has 2 aromatic rings. The summed E-state index contributed by atoms with van der Waals surface area (Å²) in [4.78, 5) is 27.7. The highest BCUT2D eigenvalue weighted by atomic mass is 16.5. The molecule has 8 heteroatoms. The summed E-state index contributed by atoms with van der Waals surface area (Å²) in [5.41, 5.74) is 1.03. The minimum Gasteiger partial charge on any atom is -0.374 e. The van der Waals surface area contributed by atoms with Gasteiger partial charge in [0.15, 0.2) is 5.82 Å². The first-order valence-corrected chi connectivity index (χ1v) is 8.58. The maximum Gasteiger partial charge on any atom is 0.287 e. The Morgan fingerprint density at radius 2 is 2.12 bits per heavy atom. The number of rotatable bonds is 3. The van der Waals surface area contributed by atoms with Crippen LogP contribution >= 0.6 is 0 Å². The summed E-state index contributed by atoms with van der Waals surface area (Å²) in [5, 5.41) is 3.09. The van der Waals surface area contributed by atoms with E-state index in [4.69, 9.17) is 4.74 Å². The average Bonchev–Trinajstić information content (AvgIpc) is 3.20. The van der Waals surface area contributed by atoms with Crippen molar-refractivity contribution in [3.05, 3.63) is 36.2 Å². The van der Waals surface area contributed by atoms with Gasteiger partial charge < -0.3 is 19.5 Å². The van der Waals surface area contributed by atoms with Crippen molar-refractivity contribution < 1.29 is 9.53 Å². The lowest BCUT2D eigenvalue weighted by atomic mass is 10.0. The van der Waals surface area contributed by atoms with E-state index in [1.54, 1.807) is 17.0 Å². The van der Waals surface area contributed by atoms with Crippen LogP contribution in [0.3, 0.4) is 0 Å². The topological polar surface area (TPSA) is 85.2 Å². The third-order valence-corrected chi connectivity index (χ3v) is 4.89. The van der Waals surface area contributed by atoms with Crippen molar-refractivity contribution in [3.63, 3.8) is 0 Å². The molecule has 1 amide bonds.